The van der Waals surface area contributed by atoms with Gasteiger partial charge in [0, 0.05) is 18.6 Å². The van der Waals surface area contributed by atoms with E-state index in [2.05, 4.69) is 20.4 Å². The summed E-state index contributed by atoms with van der Waals surface area (Å²) in [4.78, 5) is 12.9. The van der Waals surface area contributed by atoms with Crippen molar-refractivity contribution in [3.63, 3.8) is 0 Å². The average Bonchev–Trinajstić information content (AvgIpc) is 3.30. The number of nitrogens with one attached hydrogen (secondary N) is 1. The lowest BCUT2D eigenvalue weighted by atomic mass is 10.2. The van der Waals surface area contributed by atoms with Crippen LogP contribution >= 0.6 is 11.6 Å². The van der Waals surface area contributed by atoms with Crippen molar-refractivity contribution in [3.8, 4) is 0 Å². The third-order valence-electron chi connectivity index (χ3n) is 4.54. The van der Waals surface area contributed by atoms with E-state index in [-0.39, 0.29) is 21.9 Å². The molecule has 0 amide bonds. The molecular weight excluding hydrogens is 404 g/mol. The second kappa shape index (κ2) is 6.57. The SMILES string of the molecule is Cc1c(Cl)c(Cn2ncc3cc(S(=O)(=O)c4cn[nH]c4)ccc3c2=O)nn1C. The van der Waals surface area contributed by atoms with Crippen molar-refractivity contribution in [1.82, 2.24) is 29.8 Å². The van der Waals surface area contributed by atoms with Crippen molar-refractivity contribution in [2.45, 2.75) is 23.3 Å². The summed E-state index contributed by atoms with van der Waals surface area (Å²) in [6.45, 7) is 1.95. The zero-order valence-electron chi connectivity index (χ0n) is 14.9. The highest BCUT2D eigenvalue weighted by Gasteiger charge is 2.20. The van der Waals surface area contributed by atoms with E-state index in [1.807, 2.05) is 6.92 Å². The Morgan fingerprint density at radius 2 is 2.00 bits per heavy atom. The molecule has 11 heteroatoms. The van der Waals surface area contributed by atoms with Gasteiger partial charge in [0.1, 0.15) is 10.6 Å². The van der Waals surface area contributed by atoms with Crippen LogP contribution in [0.1, 0.15) is 11.4 Å². The third-order valence-corrected chi connectivity index (χ3v) is 6.75. The smallest absolute Gasteiger partial charge is 0.274 e. The molecule has 1 N–H and O–H groups in total. The molecule has 0 saturated carbocycles. The van der Waals surface area contributed by atoms with Crippen molar-refractivity contribution >= 4 is 32.2 Å². The number of aryl methyl sites for hydroxylation is 1. The highest BCUT2D eigenvalue weighted by Crippen LogP contribution is 2.23. The minimum atomic E-state index is -3.73. The van der Waals surface area contributed by atoms with Crippen molar-refractivity contribution in [2.75, 3.05) is 0 Å². The van der Waals surface area contributed by atoms with Crippen LogP contribution in [0.25, 0.3) is 10.8 Å². The van der Waals surface area contributed by atoms with E-state index < -0.39 is 9.84 Å². The third kappa shape index (κ3) is 2.90. The maximum absolute atomic E-state index is 12.8. The van der Waals surface area contributed by atoms with Gasteiger partial charge in [0.25, 0.3) is 5.56 Å². The van der Waals surface area contributed by atoms with E-state index in [1.165, 1.54) is 41.5 Å². The fourth-order valence-electron chi connectivity index (χ4n) is 2.86. The Morgan fingerprint density at radius 1 is 1.21 bits per heavy atom. The molecule has 144 valence electrons. The van der Waals surface area contributed by atoms with Crippen LogP contribution < -0.4 is 5.56 Å². The Labute approximate surface area is 164 Å². The molecule has 0 aliphatic rings. The minimum absolute atomic E-state index is 0.0494. The molecule has 0 unspecified atom stereocenters. The van der Waals surface area contributed by atoms with Gasteiger partial charge in [0.15, 0.2) is 0 Å². The molecule has 3 aromatic heterocycles. The molecule has 3 heterocycles. The van der Waals surface area contributed by atoms with Crippen LogP contribution in [0, 0.1) is 6.92 Å². The summed E-state index contributed by atoms with van der Waals surface area (Å²) in [6, 6.07) is 4.30. The summed E-state index contributed by atoms with van der Waals surface area (Å²) < 4.78 is 28.1. The molecule has 0 aliphatic heterocycles. The number of nitrogens with zero attached hydrogens (tertiary/aromatic N) is 5. The van der Waals surface area contributed by atoms with Crippen LogP contribution in [0.15, 0.2) is 51.4 Å². The number of aromatic nitrogens is 6. The lowest BCUT2D eigenvalue weighted by Crippen LogP contribution is -2.23. The number of aromatic amines is 1. The molecule has 4 aromatic rings. The van der Waals surface area contributed by atoms with Gasteiger partial charge >= 0.3 is 0 Å². The topological polar surface area (TPSA) is 116 Å². The molecule has 0 aliphatic carbocycles. The van der Waals surface area contributed by atoms with Gasteiger partial charge in [-0.15, -0.1) is 0 Å². The molecule has 0 saturated heterocycles. The number of fused-ring (bicyclic) bond motifs is 1. The first kappa shape index (κ1) is 18.4. The normalized spacial score (nSPS) is 12.0. The Balaban J connectivity index is 1.77. The highest BCUT2D eigenvalue weighted by atomic mass is 35.5. The first-order valence-corrected chi connectivity index (χ1v) is 10.1. The van der Waals surface area contributed by atoms with Crippen molar-refractivity contribution in [3.05, 3.63) is 63.6 Å². The average molecular weight is 419 g/mol. The molecule has 0 radical (unpaired) electrons. The van der Waals surface area contributed by atoms with E-state index in [4.69, 9.17) is 11.6 Å². The molecule has 4 rings (SSSR count). The summed E-state index contributed by atoms with van der Waals surface area (Å²) in [7, 11) is -1.96. The number of sulfone groups is 1. The lowest BCUT2D eigenvalue weighted by molar-refractivity contribution is 0.596. The summed E-state index contributed by atoms with van der Waals surface area (Å²) in [5.74, 6) is 0. The number of benzene rings is 1. The van der Waals surface area contributed by atoms with Crippen molar-refractivity contribution in [2.24, 2.45) is 7.05 Å². The fourth-order valence-corrected chi connectivity index (χ4v) is 4.28. The summed E-state index contributed by atoms with van der Waals surface area (Å²) in [5.41, 5.74) is 0.971. The largest absolute Gasteiger partial charge is 0.284 e. The predicted octanol–water partition coefficient (Wildman–Crippen LogP) is 1.70. The maximum Gasteiger partial charge on any atom is 0.274 e. The van der Waals surface area contributed by atoms with Crippen LogP contribution in [-0.2, 0) is 23.4 Å². The number of rotatable bonds is 4. The number of H-pyrrole nitrogens is 1. The fraction of sp³-hybridized carbons (Fsp3) is 0.176. The first-order chi connectivity index (χ1) is 13.3. The van der Waals surface area contributed by atoms with Gasteiger partial charge in [-0.2, -0.15) is 15.3 Å². The Bertz CT molecular complexity index is 1360. The molecule has 1 aromatic carbocycles. The van der Waals surface area contributed by atoms with Crippen LogP contribution in [0.2, 0.25) is 5.02 Å². The molecule has 0 spiro atoms. The van der Waals surface area contributed by atoms with E-state index >= 15 is 0 Å². The Hall–Kier alpha value is -2.98. The number of halogens is 1. The minimum Gasteiger partial charge on any atom is -0.284 e. The van der Waals surface area contributed by atoms with Gasteiger partial charge in [-0.1, -0.05) is 11.6 Å². The Morgan fingerprint density at radius 3 is 2.64 bits per heavy atom. The molecule has 28 heavy (non-hydrogen) atoms. The van der Waals surface area contributed by atoms with Gasteiger partial charge in [-0.3, -0.25) is 14.6 Å². The summed E-state index contributed by atoms with van der Waals surface area (Å²) >= 11 is 6.25. The van der Waals surface area contributed by atoms with Crippen molar-refractivity contribution < 1.29 is 8.42 Å². The molecular formula is C17H15ClN6O3S. The van der Waals surface area contributed by atoms with Crippen LogP contribution in [0.5, 0.6) is 0 Å². The van der Waals surface area contributed by atoms with E-state index in [0.717, 1.165) is 5.69 Å². The van der Waals surface area contributed by atoms with E-state index in [1.54, 1.807) is 11.7 Å². The van der Waals surface area contributed by atoms with Crippen molar-refractivity contribution in [1.29, 1.82) is 0 Å². The lowest BCUT2D eigenvalue weighted by Gasteiger charge is -2.07. The molecule has 0 atom stereocenters. The monoisotopic (exact) mass is 418 g/mol. The second-order valence-corrected chi connectivity index (χ2v) is 8.59. The van der Waals surface area contributed by atoms with Gasteiger partial charge in [-0.05, 0) is 25.1 Å². The predicted molar refractivity (Wildman–Crippen MR) is 102 cm³/mol. The van der Waals surface area contributed by atoms with Gasteiger partial charge in [0.05, 0.1) is 39.9 Å². The molecule has 0 bridgehead atoms. The van der Waals surface area contributed by atoms with Crippen LogP contribution in [0.4, 0.5) is 0 Å². The van der Waals surface area contributed by atoms with E-state index in [9.17, 15) is 13.2 Å². The quantitative estimate of drug-likeness (QED) is 0.539. The summed E-state index contributed by atoms with van der Waals surface area (Å²) in [5, 5.41) is 15.9. The zero-order valence-corrected chi connectivity index (χ0v) is 16.5. The molecule has 0 fully saturated rings. The van der Waals surface area contributed by atoms with E-state index in [0.29, 0.717) is 21.5 Å². The van der Waals surface area contributed by atoms with Crippen LogP contribution in [-0.4, -0.2) is 38.2 Å². The van der Waals surface area contributed by atoms with Gasteiger partial charge in [0.2, 0.25) is 9.84 Å². The standard InChI is InChI=1S/C17H15ClN6O3S/c1-10-16(18)15(22-23(10)2)9-24-17(25)14-4-3-12(5-11(14)6-21-24)28(26,27)13-7-19-20-8-13/h3-8H,9H2,1-2H3,(H,19,20). The highest BCUT2D eigenvalue weighted by molar-refractivity contribution is 7.91. The summed E-state index contributed by atoms with van der Waals surface area (Å²) in [6.07, 6.45) is 3.98. The maximum atomic E-state index is 12.8. The number of hydrogen-bond acceptors (Lipinski definition) is 6. The van der Waals surface area contributed by atoms with Crippen LogP contribution in [0.3, 0.4) is 0 Å². The first-order valence-electron chi connectivity index (χ1n) is 8.21. The van der Waals surface area contributed by atoms with Gasteiger partial charge in [-0.25, -0.2) is 13.1 Å². The zero-order chi connectivity index (χ0) is 20.1. The Kier molecular flexibility index (Phi) is 4.31. The second-order valence-electron chi connectivity index (χ2n) is 6.26. The number of hydrogen-bond donors (Lipinski definition) is 1. The van der Waals surface area contributed by atoms with Gasteiger partial charge < -0.3 is 0 Å². The molecule has 9 nitrogen and oxygen atoms in total.